The largest absolute Gasteiger partial charge is 0.366 e. The van der Waals surface area contributed by atoms with Gasteiger partial charge in [-0.15, -0.1) is 11.3 Å². The van der Waals surface area contributed by atoms with Gasteiger partial charge in [-0.1, -0.05) is 18.2 Å². The van der Waals surface area contributed by atoms with E-state index in [0.717, 1.165) is 21.8 Å². The maximum atomic E-state index is 11.0. The Morgan fingerprint density at radius 1 is 1.21 bits per heavy atom. The molecule has 0 aliphatic heterocycles. The van der Waals surface area contributed by atoms with E-state index in [4.69, 9.17) is 5.73 Å². The van der Waals surface area contributed by atoms with Gasteiger partial charge in [0, 0.05) is 11.1 Å². The fraction of sp³-hybridized carbons (Fsp3) is 0. The molecule has 0 fully saturated rings. The van der Waals surface area contributed by atoms with E-state index in [2.05, 4.69) is 10.2 Å². The lowest BCUT2D eigenvalue weighted by molar-refractivity contribution is 0.100. The third-order valence-corrected chi connectivity index (χ3v) is 3.73. The minimum atomic E-state index is -0.423. The summed E-state index contributed by atoms with van der Waals surface area (Å²) in [6, 6.07) is 13.1. The smallest absolute Gasteiger partial charge is 0.248 e. The molecule has 2 aromatic heterocycles. The fourth-order valence-corrected chi connectivity index (χ4v) is 2.53. The number of hydrogen-bond acceptors (Lipinski definition) is 3. The number of H-pyrrole nitrogens is 1. The third-order valence-electron chi connectivity index (χ3n) is 2.83. The number of nitrogens with zero attached hydrogens (tertiary/aromatic N) is 1. The number of amides is 1. The van der Waals surface area contributed by atoms with Gasteiger partial charge >= 0.3 is 0 Å². The molecule has 0 saturated carbocycles. The summed E-state index contributed by atoms with van der Waals surface area (Å²) in [6.07, 6.45) is 0. The van der Waals surface area contributed by atoms with Gasteiger partial charge in [-0.2, -0.15) is 5.10 Å². The second-order valence-corrected chi connectivity index (χ2v) is 5.03. The zero-order valence-electron chi connectivity index (χ0n) is 9.96. The van der Waals surface area contributed by atoms with E-state index in [0.29, 0.717) is 5.56 Å². The number of rotatable bonds is 3. The number of carbonyl (C=O) groups is 1. The van der Waals surface area contributed by atoms with Crippen molar-refractivity contribution in [2.45, 2.75) is 0 Å². The quantitative estimate of drug-likeness (QED) is 0.767. The van der Waals surface area contributed by atoms with Crippen LogP contribution in [0, 0.1) is 0 Å². The molecular formula is C14H11N3OS. The lowest BCUT2D eigenvalue weighted by Crippen LogP contribution is -2.10. The number of carbonyl (C=O) groups excluding carboxylic acids is 1. The van der Waals surface area contributed by atoms with Gasteiger partial charge in [0.1, 0.15) is 0 Å². The molecule has 94 valence electrons. The molecule has 1 aromatic carbocycles. The van der Waals surface area contributed by atoms with Gasteiger partial charge in [-0.05, 0) is 29.6 Å². The predicted molar refractivity (Wildman–Crippen MR) is 75.9 cm³/mol. The van der Waals surface area contributed by atoms with Crippen molar-refractivity contribution in [3.05, 3.63) is 53.4 Å². The first-order valence-corrected chi connectivity index (χ1v) is 6.61. The average molecular weight is 269 g/mol. The number of nitrogens with two attached hydrogens (primary N) is 1. The van der Waals surface area contributed by atoms with Gasteiger partial charge in [-0.3, -0.25) is 9.89 Å². The first-order chi connectivity index (χ1) is 9.24. The minimum Gasteiger partial charge on any atom is -0.366 e. The maximum absolute atomic E-state index is 11.0. The Morgan fingerprint density at radius 3 is 2.63 bits per heavy atom. The minimum absolute atomic E-state index is 0.423. The Hall–Kier alpha value is -2.40. The number of thiophene rings is 1. The van der Waals surface area contributed by atoms with Gasteiger partial charge < -0.3 is 5.73 Å². The molecule has 0 spiro atoms. The first-order valence-electron chi connectivity index (χ1n) is 5.73. The zero-order valence-corrected chi connectivity index (χ0v) is 10.8. The number of benzene rings is 1. The predicted octanol–water partition coefficient (Wildman–Crippen LogP) is 2.90. The van der Waals surface area contributed by atoms with Gasteiger partial charge in [0.25, 0.3) is 0 Å². The van der Waals surface area contributed by atoms with E-state index in [1.54, 1.807) is 23.5 Å². The van der Waals surface area contributed by atoms with Crippen LogP contribution in [0.4, 0.5) is 0 Å². The monoisotopic (exact) mass is 269 g/mol. The average Bonchev–Trinajstić information content (AvgIpc) is 3.10. The highest BCUT2D eigenvalue weighted by Gasteiger charge is 2.07. The molecule has 0 aliphatic carbocycles. The number of aromatic nitrogens is 2. The van der Waals surface area contributed by atoms with Crippen molar-refractivity contribution in [2.24, 2.45) is 5.73 Å². The Balaban J connectivity index is 1.92. The van der Waals surface area contributed by atoms with Crippen molar-refractivity contribution < 1.29 is 4.79 Å². The third kappa shape index (κ3) is 2.28. The molecule has 3 aromatic rings. The Labute approximate surface area is 113 Å². The number of hydrogen-bond donors (Lipinski definition) is 2. The SMILES string of the molecule is NC(=O)c1ccc(-c2cc(-c3cccs3)[nH]n2)cc1. The summed E-state index contributed by atoms with van der Waals surface area (Å²) in [4.78, 5) is 12.2. The van der Waals surface area contributed by atoms with E-state index in [9.17, 15) is 4.79 Å². The van der Waals surface area contributed by atoms with Crippen LogP contribution in [0.1, 0.15) is 10.4 Å². The van der Waals surface area contributed by atoms with Gasteiger partial charge in [0.15, 0.2) is 0 Å². The molecule has 0 saturated heterocycles. The summed E-state index contributed by atoms with van der Waals surface area (Å²) in [5, 5.41) is 9.32. The summed E-state index contributed by atoms with van der Waals surface area (Å²) >= 11 is 1.66. The summed E-state index contributed by atoms with van der Waals surface area (Å²) in [7, 11) is 0. The number of nitrogens with one attached hydrogen (secondary N) is 1. The van der Waals surface area contributed by atoms with E-state index in [1.165, 1.54) is 0 Å². The summed E-state index contributed by atoms with van der Waals surface area (Å²) < 4.78 is 0. The number of aromatic amines is 1. The molecule has 0 unspecified atom stereocenters. The molecular weight excluding hydrogens is 258 g/mol. The van der Waals surface area contributed by atoms with Crippen LogP contribution in [0.3, 0.4) is 0 Å². The van der Waals surface area contributed by atoms with Gasteiger partial charge in [0.05, 0.1) is 16.3 Å². The Kier molecular flexibility index (Phi) is 2.89. The standard InChI is InChI=1S/C14H11N3OS/c15-14(18)10-5-3-9(4-6-10)11-8-12(17-16-11)13-2-1-7-19-13/h1-8H,(H2,15,18)(H,16,17). The lowest BCUT2D eigenvalue weighted by Gasteiger charge is -1.97. The molecule has 3 N–H and O–H groups in total. The van der Waals surface area contributed by atoms with Crippen LogP contribution in [0.15, 0.2) is 47.8 Å². The second-order valence-electron chi connectivity index (χ2n) is 4.09. The highest BCUT2D eigenvalue weighted by atomic mass is 32.1. The zero-order chi connectivity index (χ0) is 13.2. The molecule has 19 heavy (non-hydrogen) atoms. The molecule has 0 radical (unpaired) electrons. The molecule has 0 bridgehead atoms. The molecule has 0 aliphatic rings. The van der Waals surface area contributed by atoms with Crippen molar-refractivity contribution in [1.29, 1.82) is 0 Å². The summed E-state index contributed by atoms with van der Waals surface area (Å²) in [5.41, 5.74) is 8.49. The van der Waals surface area contributed by atoms with E-state index in [1.807, 2.05) is 35.7 Å². The van der Waals surface area contributed by atoms with Crippen LogP contribution in [-0.4, -0.2) is 16.1 Å². The summed E-state index contributed by atoms with van der Waals surface area (Å²) in [6.45, 7) is 0. The highest BCUT2D eigenvalue weighted by molar-refractivity contribution is 7.13. The summed E-state index contributed by atoms with van der Waals surface area (Å²) in [5.74, 6) is -0.423. The molecule has 3 rings (SSSR count). The second kappa shape index (κ2) is 4.70. The van der Waals surface area contributed by atoms with E-state index >= 15 is 0 Å². The van der Waals surface area contributed by atoms with Crippen molar-refractivity contribution >= 4 is 17.2 Å². The van der Waals surface area contributed by atoms with Gasteiger partial charge in [0.2, 0.25) is 5.91 Å². The van der Waals surface area contributed by atoms with Crippen LogP contribution in [0.5, 0.6) is 0 Å². The van der Waals surface area contributed by atoms with Gasteiger partial charge in [-0.25, -0.2) is 0 Å². The highest BCUT2D eigenvalue weighted by Crippen LogP contribution is 2.26. The fourth-order valence-electron chi connectivity index (χ4n) is 1.83. The van der Waals surface area contributed by atoms with E-state index < -0.39 is 5.91 Å². The molecule has 4 nitrogen and oxygen atoms in total. The van der Waals surface area contributed by atoms with Crippen LogP contribution < -0.4 is 5.73 Å². The maximum Gasteiger partial charge on any atom is 0.248 e. The van der Waals surface area contributed by atoms with Crippen LogP contribution in [0.2, 0.25) is 0 Å². The first kappa shape index (κ1) is 11.7. The van der Waals surface area contributed by atoms with E-state index in [-0.39, 0.29) is 0 Å². The Morgan fingerprint density at radius 2 is 2.00 bits per heavy atom. The van der Waals surface area contributed by atoms with Crippen LogP contribution in [0.25, 0.3) is 21.8 Å². The van der Waals surface area contributed by atoms with Crippen molar-refractivity contribution in [3.8, 4) is 21.8 Å². The number of primary amides is 1. The van der Waals surface area contributed by atoms with Crippen molar-refractivity contribution in [1.82, 2.24) is 10.2 Å². The lowest BCUT2D eigenvalue weighted by atomic mass is 10.1. The normalized spacial score (nSPS) is 10.5. The van der Waals surface area contributed by atoms with Crippen molar-refractivity contribution in [3.63, 3.8) is 0 Å². The molecule has 0 atom stereocenters. The van der Waals surface area contributed by atoms with Crippen LogP contribution in [-0.2, 0) is 0 Å². The van der Waals surface area contributed by atoms with Crippen LogP contribution >= 0.6 is 11.3 Å². The molecule has 1 amide bonds. The van der Waals surface area contributed by atoms with Crippen molar-refractivity contribution in [2.75, 3.05) is 0 Å². The molecule has 5 heteroatoms. The topological polar surface area (TPSA) is 71.8 Å². The molecule has 2 heterocycles. The Bertz CT molecular complexity index is 699.